The average Bonchev–Trinajstić information content (AvgIpc) is 2.40. The second-order valence-corrected chi connectivity index (χ2v) is 6.61. The maximum Gasteiger partial charge on any atom is 0.104 e. The van der Waals surface area contributed by atoms with Crippen LogP contribution in [-0.4, -0.2) is 5.11 Å². The van der Waals surface area contributed by atoms with Crippen LogP contribution in [0, 0.1) is 12.8 Å². The van der Waals surface area contributed by atoms with Gasteiger partial charge in [0, 0.05) is 4.47 Å². The molecule has 0 fully saturated rings. The summed E-state index contributed by atoms with van der Waals surface area (Å²) in [6, 6.07) is 14.3. The van der Waals surface area contributed by atoms with Crippen LogP contribution in [0.5, 0.6) is 0 Å². The molecule has 0 aromatic heterocycles. The van der Waals surface area contributed by atoms with Crippen LogP contribution in [0.25, 0.3) is 0 Å². The van der Waals surface area contributed by atoms with Crippen molar-refractivity contribution in [1.29, 1.82) is 0 Å². The van der Waals surface area contributed by atoms with Crippen molar-refractivity contribution < 1.29 is 5.11 Å². The molecule has 106 valence electrons. The zero-order valence-corrected chi connectivity index (χ0v) is 13.8. The van der Waals surface area contributed by atoms with Gasteiger partial charge in [0.1, 0.15) is 6.10 Å². The normalized spacial score (nSPS) is 12.7. The van der Waals surface area contributed by atoms with Crippen LogP contribution in [0.3, 0.4) is 0 Å². The number of benzene rings is 2. The van der Waals surface area contributed by atoms with Gasteiger partial charge in [-0.1, -0.05) is 66.2 Å². The van der Waals surface area contributed by atoms with Gasteiger partial charge in [-0.2, -0.15) is 0 Å². The van der Waals surface area contributed by atoms with Gasteiger partial charge in [0.2, 0.25) is 0 Å². The average molecular weight is 333 g/mol. The van der Waals surface area contributed by atoms with Gasteiger partial charge in [-0.25, -0.2) is 0 Å². The van der Waals surface area contributed by atoms with Crippen molar-refractivity contribution in [2.24, 2.45) is 5.92 Å². The summed E-state index contributed by atoms with van der Waals surface area (Å²) in [5.74, 6) is 0.623. The predicted octanol–water partition coefficient (Wildman–Crippen LogP) is 5.04. The van der Waals surface area contributed by atoms with Crippen LogP contribution < -0.4 is 0 Å². The Morgan fingerprint density at radius 3 is 2.40 bits per heavy atom. The molecule has 0 saturated carbocycles. The van der Waals surface area contributed by atoms with Gasteiger partial charge >= 0.3 is 0 Å². The van der Waals surface area contributed by atoms with Crippen molar-refractivity contribution in [1.82, 2.24) is 0 Å². The van der Waals surface area contributed by atoms with Crippen molar-refractivity contribution >= 4 is 15.9 Å². The molecule has 0 saturated heterocycles. The van der Waals surface area contributed by atoms with Crippen molar-refractivity contribution in [3.8, 4) is 0 Å². The maximum atomic E-state index is 10.6. The van der Waals surface area contributed by atoms with Crippen LogP contribution in [0.1, 0.15) is 42.2 Å². The molecule has 2 heteroatoms. The highest BCUT2D eigenvalue weighted by molar-refractivity contribution is 9.10. The predicted molar refractivity (Wildman–Crippen MR) is 87.9 cm³/mol. The van der Waals surface area contributed by atoms with E-state index in [-0.39, 0.29) is 0 Å². The molecule has 0 aliphatic rings. The fourth-order valence-electron chi connectivity index (χ4n) is 2.39. The Morgan fingerprint density at radius 2 is 1.75 bits per heavy atom. The molecule has 1 unspecified atom stereocenters. The zero-order valence-electron chi connectivity index (χ0n) is 12.2. The van der Waals surface area contributed by atoms with E-state index < -0.39 is 6.10 Å². The highest BCUT2D eigenvalue weighted by Crippen LogP contribution is 2.26. The molecule has 0 aliphatic heterocycles. The summed E-state index contributed by atoms with van der Waals surface area (Å²) in [6.45, 7) is 6.46. The Kier molecular flexibility index (Phi) is 5.00. The van der Waals surface area contributed by atoms with E-state index in [1.54, 1.807) is 0 Å². The SMILES string of the molecule is Cc1cc(C(O)c2cccc(CC(C)C)c2)ccc1Br. The number of hydrogen-bond donors (Lipinski definition) is 1. The van der Waals surface area contributed by atoms with Crippen molar-refractivity contribution in [2.45, 2.75) is 33.3 Å². The van der Waals surface area contributed by atoms with E-state index in [2.05, 4.69) is 41.9 Å². The second kappa shape index (κ2) is 6.55. The molecule has 2 rings (SSSR count). The smallest absolute Gasteiger partial charge is 0.104 e. The summed E-state index contributed by atoms with van der Waals surface area (Å²) in [5.41, 5.74) is 4.32. The van der Waals surface area contributed by atoms with Crippen molar-refractivity contribution in [3.05, 3.63) is 69.2 Å². The summed E-state index contributed by atoms with van der Waals surface area (Å²) in [7, 11) is 0. The number of aliphatic hydroxyl groups excluding tert-OH is 1. The lowest BCUT2D eigenvalue weighted by atomic mass is 9.96. The highest BCUT2D eigenvalue weighted by Gasteiger charge is 2.12. The topological polar surface area (TPSA) is 20.2 Å². The van der Waals surface area contributed by atoms with Gasteiger partial charge in [0.05, 0.1) is 0 Å². The van der Waals surface area contributed by atoms with Crippen LogP contribution in [0.15, 0.2) is 46.9 Å². The highest BCUT2D eigenvalue weighted by atomic mass is 79.9. The first-order chi connectivity index (χ1) is 9.47. The monoisotopic (exact) mass is 332 g/mol. The molecular weight excluding hydrogens is 312 g/mol. The minimum absolute atomic E-state index is 0.561. The first-order valence-electron chi connectivity index (χ1n) is 7.00. The van der Waals surface area contributed by atoms with Gasteiger partial charge in [0.15, 0.2) is 0 Å². The minimum Gasteiger partial charge on any atom is -0.384 e. The standard InChI is InChI=1S/C18H21BrO/c1-12(2)9-14-5-4-6-15(11-14)18(20)16-7-8-17(19)13(3)10-16/h4-8,10-12,18,20H,9H2,1-3H3. The largest absolute Gasteiger partial charge is 0.384 e. The molecule has 1 N–H and O–H groups in total. The molecule has 0 radical (unpaired) electrons. The molecule has 0 heterocycles. The van der Waals surface area contributed by atoms with Gasteiger partial charge in [0.25, 0.3) is 0 Å². The molecule has 0 bridgehead atoms. The second-order valence-electron chi connectivity index (χ2n) is 5.75. The van der Waals surface area contributed by atoms with Gasteiger partial charge in [-0.15, -0.1) is 0 Å². The third kappa shape index (κ3) is 3.71. The molecule has 1 atom stereocenters. The van der Waals surface area contributed by atoms with E-state index in [4.69, 9.17) is 0 Å². The van der Waals surface area contributed by atoms with Crippen molar-refractivity contribution in [2.75, 3.05) is 0 Å². The number of rotatable bonds is 4. The van der Waals surface area contributed by atoms with E-state index in [0.717, 1.165) is 27.6 Å². The Bertz CT molecular complexity index is 590. The summed E-state index contributed by atoms with van der Waals surface area (Å²) < 4.78 is 1.07. The summed E-state index contributed by atoms with van der Waals surface area (Å²) in [6.07, 6.45) is 0.480. The fraction of sp³-hybridized carbons (Fsp3) is 0.333. The van der Waals surface area contributed by atoms with Gasteiger partial charge in [-0.05, 0) is 47.6 Å². The summed E-state index contributed by atoms with van der Waals surface area (Å²) in [5, 5.41) is 10.6. The Balaban J connectivity index is 2.28. The molecule has 0 amide bonds. The lowest BCUT2D eigenvalue weighted by Crippen LogP contribution is -2.02. The first-order valence-corrected chi connectivity index (χ1v) is 7.79. The molecule has 0 spiro atoms. The number of aliphatic hydroxyl groups is 1. The molecule has 0 aliphatic carbocycles. The molecule has 1 nitrogen and oxygen atoms in total. The van der Waals surface area contributed by atoms with E-state index >= 15 is 0 Å². The van der Waals surface area contributed by atoms with E-state index in [9.17, 15) is 5.11 Å². The third-order valence-corrected chi connectivity index (χ3v) is 4.30. The molecule has 20 heavy (non-hydrogen) atoms. The molecule has 2 aromatic rings. The van der Waals surface area contributed by atoms with Crippen LogP contribution in [-0.2, 0) is 6.42 Å². The summed E-state index contributed by atoms with van der Waals surface area (Å²) >= 11 is 3.49. The Hall–Kier alpha value is -1.12. The van der Waals surface area contributed by atoms with Crippen LogP contribution in [0.4, 0.5) is 0 Å². The fourth-order valence-corrected chi connectivity index (χ4v) is 2.64. The van der Waals surface area contributed by atoms with Gasteiger partial charge in [-0.3, -0.25) is 0 Å². The molecule has 2 aromatic carbocycles. The number of hydrogen-bond acceptors (Lipinski definition) is 1. The lowest BCUT2D eigenvalue weighted by molar-refractivity contribution is 0.220. The molecular formula is C18H21BrO. The van der Waals surface area contributed by atoms with Crippen molar-refractivity contribution in [3.63, 3.8) is 0 Å². The lowest BCUT2D eigenvalue weighted by Gasteiger charge is -2.14. The van der Waals surface area contributed by atoms with E-state index in [1.807, 2.05) is 37.3 Å². The number of halogens is 1. The minimum atomic E-state index is -0.561. The quantitative estimate of drug-likeness (QED) is 0.831. The maximum absolute atomic E-state index is 10.6. The Labute approximate surface area is 129 Å². The third-order valence-electron chi connectivity index (χ3n) is 3.41. The van der Waals surface area contributed by atoms with E-state index in [1.165, 1.54) is 5.56 Å². The zero-order chi connectivity index (χ0) is 14.7. The van der Waals surface area contributed by atoms with E-state index in [0.29, 0.717) is 5.92 Å². The van der Waals surface area contributed by atoms with Crippen LogP contribution >= 0.6 is 15.9 Å². The first kappa shape index (κ1) is 15.3. The van der Waals surface area contributed by atoms with Crippen LogP contribution in [0.2, 0.25) is 0 Å². The van der Waals surface area contributed by atoms with Gasteiger partial charge < -0.3 is 5.11 Å². The Morgan fingerprint density at radius 1 is 1.05 bits per heavy atom. The number of aryl methyl sites for hydroxylation is 1. The summed E-state index contributed by atoms with van der Waals surface area (Å²) in [4.78, 5) is 0.